The van der Waals surface area contributed by atoms with Crippen molar-refractivity contribution in [2.24, 2.45) is 0 Å². The quantitative estimate of drug-likeness (QED) is 0.889. The number of halogens is 1. The van der Waals surface area contributed by atoms with E-state index in [9.17, 15) is 4.79 Å². The normalized spacial score (nSPS) is 11.9. The van der Waals surface area contributed by atoms with Crippen LogP contribution in [0, 0.1) is 20.8 Å². The first-order valence-corrected chi connectivity index (χ1v) is 7.55. The first-order chi connectivity index (χ1) is 10.4. The summed E-state index contributed by atoms with van der Waals surface area (Å²) in [7, 11) is 0. The van der Waals surface area contributed by atoms with E-state index >= 15 is 0 Å². The Morgan fingerprint density at radius 2 is 1.82 bits per heavy atom. The molecule has 2 aromatic carbocycles. The predicted molar refractivity (Wildman–Crippen MR) is 90.8 cm³/mol. The van der Waals surface area contributed by atoms with Gasteiger partial charge in [-0.2, -0.15) is 0 Å². The molecule has 0 heterocycles. The minimum atomic E-state index is -0.597. The fourth-order valence-electron chi connectivity index (χ4n) is 2.14. The van der Waals surface area contributed by atoms with Crippen LogP contribution < -0.4 is 10.1 Å². The molecule has 0 bridgehead atoms. The first-order valence-electron chi connectivity index (χ1n) is 7.18. The SMILES string of the molecule is Cc1ccc(O[C@H](C)C(=O)Nc2cc(Cl)ccc2C)c(C)c1. The third kappa shape index (κ3) is 4.01. The number of ether oxygens (including phenoxy) is 1. The van der Waals surface area contributed by atoms with Crippen molar-refractivity contribution in [1.82, 2.24) is 0 Å². The lowest BCUT2D eigenvalue weighted by Gasteiger charge is -2.17. The molecule has 0 aliphatic carbocycles. The molecule has 0 spiro atoms. The Kier molecular flexibility index (Phi) is 5.09. The predicted octanol–water partition coefficient (Wildman–Crippen LogP) is 4.67. The van der Waals surface area contributed by atoms with Crippen LogP contribution >= 0.6 is 11.6 Å². The molecule has 0 saturated carbocycles. The lowest BCUT2D eigenvalue weighted by Crippen LogP contribution is -2.30. The number of rotatable bonds is 4. The molecule has 0 aliphatic rings. The van der Waals surface area contributed by atoms with Gasteiger partial charge in [0.2, 0.25) is 0 Å². The molecule has 1 amide bonds. The van der Waals surface area contributed by atoms with Gasteiger partial charge in [-0.3, -0.25) is 4.79 Å². The van der Waals surface area contributed by atoms with E-state index in [-0.39, 0.29) is 5.91 Å². The Bertz CT molecular complexity index is 697. The van der Waals surface area contributed by atoms with E-state index in [1.165, 1.54) is 0 Å². The van der Waals surface area contributed by atoms with E-state index in [2.05, 4.69) is 5.32 Å². The largest absolute Gasteiger partial charge is 0.481 e. The van der Waals surface area contributed by atoms with Gasteiger partial charge in [-0.25, -0.2) is 0 Å². The molecular formula is C18H20ClNO2. The van der Waals surface area contributed by atoms with Crippen LogP contribution in [0.1, 0.15) is 23.6 Å². The maximum absolute atomic E-state index is 12.3. The molecule has 0 aromatic heterocycles. The fourth-order valence-corrected chi connectivity index (χ4v) is 2.31. The lowest BCUT2D eigenvalue weighted by atomic mass is 10.1. The zero-order valence-electron chi connectivity index (χ0n) is 13.2. The Balaban J connectivity index is 2.07. The Labute approximate surface area is 136 Å². The van der Waals surface area contributed by atoms with Crippen LogP contribution in [0.5, 0.6) is 5.75 Å². The average Bonchev–Trinajstić information content (AvgIpc) is 2.45. The molecule has 0 aliphatic heterocycles. The summed E-state index contributed by atoms with van der Waals surface area (Å²) >= 11 is 5.96. The van der Waals surface area contributed by atoms with Crippen molar-refractivity contribution in [3.05, 3.63) is 58.1 Å². The van der Waals surface area contributed by atoms with E-state index in [0.29, 0.717) is 10.7 Å². The third-order valence-corrected chi connectivity index (χ3v) is 3.70. The summed E-state index contributed by atoms with van der Waals surface area (Å²) in [5.41, 5.74) is 3.83. The second-order valence-corrected chi connectivity index (χ2v) is 5.91. The van der Waals surface area contributed by atoms with Crippen LogP contribution in [0.25, 0.3) is 0 Å². The van der Waals surface area contributed by atoms with E-state index in [1.807, 2.05) is 45.0 Å². The van der Waals surface area contributed by atoms with Crippen LogP contribution in [0.2, 0.25) is 5.02 Å². The zero-order valence-corrected chi connectivity index (χ0v) is 14.0. The van der Waals surface area contributed by atoms with Gasteiger partial charge >= 0.3 is 0 Å². The molecule has 1 atom stereocenters. The number of hydrogen-bond donors (Lipinski definition) is 1. The summed E-state index contributed by atoms with van der Waals surface area (Å²) in [6.07, 6.45) is -0.597. The second-order valence-electron chi connectivity index (χ2n) is 5.48. The number of amides is 1. The summed E-state index contributed by atoms with van der Waals surface area (Å²) < 4.78 is 5.76. The molecule has 22 heavy (non-hydrogen) atoms. The van der Waals surface area contributed by atoms with Gasteiger partial charge in [0.25, 0.3) is 5.91 Å². The Hall–Kier alpha value is -2.00. The van der Waals surface area contributed by atoms with E-state index in [0.717, 1.165) is 22.4 Å². The smallest absolute Gasteiger partial charge is 0.265 e. The minimum absolute atomic E-state index is 0.203. The van der Waals surface area contributed by atoms with Crippen LogP contribution in [0.3, 0.4) is 0 Å². The van der Waals surface area contributed by atoms with Crippen molar-refractivity contribution in [2.75, 3.05) is 5.32 Å². The highest BCUT2D eigenvalue weighted by molar-refractivity contribution is 6.31. The molecule has 2 aromatic rings. The van der Waals surface area contributed by atoms with Gasteiger partial charge in [-0.1, -0.05) is 35.4 Å². The Morgan fingerprint density at radius 3 is 2.50 bits per heavy atom. The number of benzene rings is 2. The monoisotopic (exact) mass is 317 g/mol. The lowest BCUT2D eigenvalue weighted by molar-refractivity contribution is -0.122. The molecule has 1 N–H and O–H groups in total. The molecule has 4 heteroatoms. The first kappa shape index (κ1) is 16.4. The number of aryl methyl sites for hydroxylation is 3. The van der Waals surface area contributed by atoms with E-state index < -0.39 is 6.10 Å². The number of carbonyl (C=O) groups is 1. The fraction of sp³-hybridized carbons (Fsp3) is 0.278. The van der Waals surface area contributed by atoms with Gasteiger partial charge < -0.3 is 10.1 Å². The molecule has 0 radical (unpaired) electrons. The molecule has 0 saturated heterocycles. The van der Waals surface area contributed by atoms with Gasteiger partial charge in [0.15, 0.2) is 6.10 Å². The van der Waals surface area contributed by atoms with Crippen LogP contribution in [0.4, 0.5) is 5.69 Å². The zero-order chi connectivity index (χ0) is 16.3. The maximum Gasteiger partial charge on any atom is 0.265 e. The molecule has 2 rings (SSSR count). The second kappa shape index (κ2) is 6.84. The molecular weight excluding hydrogens is 298 g/mol. The van der Waals surface area contributed by atoms with Crippen molar-refractivity contribution in [3.8, 4) is 5.75 Å². The number of carbonyl (C=O) groups excluding carboxylic acids is 1. The van der Waals surface area contributed by atoms with Crippen molar-refractivity contribution < 1.29 is 9.53 Å². The molecule has 0 fully saturated rings. The minimum Gasteiger partial charge on any atom is -0.481 e. The summed E-state index contributed by atoms with van der Waals surface area (Å²) in [5.74, 6) is 0.515. The highest BCUT2D eigenvalue weighted by Gasteiger charge is 2.16. The highest BCUT2D eigenvalue weighted by atomic mass is 35.5. The van der Waals surface area contributed by atoms with Crippen molar-refractivity contribution in [2.45, 2.75) is 33.8 Å². The van der Waals surface area contributed by atoms with Crippen molar-refractivity contribution in [1.29, 1.82) is 0 Å². The van der Waals surface area contributed by atoms with Gasteiger partial charge in [-0.15, -0.1) is 0 Å². The summed E-state index contributed by atoms with van der Waals surface area (Å²) in [6, 6.07) is 11.3. The third-order valence-electron chi connectivity index (χ3n) is 3.46. The van der Waals surface area contributed by atoms with Crippen molar-refractivity contribution >= 4 is 23.2 Å². The van der Waals surface area contributed by atoms with Gasteiger partial charge in [-0.05, 0) is 57.0 Å². The van der Waals surface area contributed by atoms with E-state index in [4.69, 9.17) is 16.3 Å². The van der Waals surface area contributed by atoms with Crippen molar-refractivity contribution in [3.63, 3.8) is 0 Å². The van der Waals surface area contributed by atoms with Gasteiger partial charge in [0.05, 0.1) is 0 Å². The topological polar surface area (TPSA) is 38.3 Å². The van der Waals surface area contributed by atoms with E-state index in [1.54, 1.807) is 19.1 Å². The maximum atomic E-state index is 12.3. The molecule has 3 nitrogen and oxygen atoms in total. The average molecular weight is 318 g/mol. The molecule has 116 valence electrons. The highest BCUT2D eigenvalue weighted by Crippen LogP contribution is 2.22. The number of nitrogens with one attached hydrogen (secondary N) is 1. The number of hydrogen-bond acceptors (Lipinski definition) is 2. The van der Waals surface area contributed by atoms with Crippen LogP contribution in [0.15, 0.2) is 36.4 Å². The molecule has 0 unspecified atom stereocenters. The summed E-state index contributed by atoms with van der Waals surface area (Å²) in [5, 5.41) is 3.44. The van der Waals surface area contributed by atoms with Crippen LogP contribution in [-0.4, -0.2) is 12.0 Å². The summed E-state index contributed by atoms with van der Waals surface area (Å²) in [4.78, 5) is 12.3. The number of anilines is 1. The Morgan fingerprint density at radius 1 is 1.09 bits per heavy atom. The van der Waals surface area contributed by atoms with Crippen LogP contribution in [-0.2, 0) is 4.79 Å². The van der Waals surface area contributed by atoms with Gasteiger partial charge in [0.1, 0.15) is 5.75 Å². The van der Waals surface area contributed by atoms with Gasteiger partial charge in [0, 0.05) is 10.7 Å². The standard InChI is InChI=1S/C18H20ClNO2/c1-11-5-8-17(13(3)9-11)22-14(4)18(21)20-16-10-15(19)7-6-12(16)2/h5-10,14H,1-4H3,(H,20,21)/t14-/m1/s1. The summed E-state index contributed by atoms with van der Waals surface area (Å²) in [6.45, 7) is 7.64.